The Bertz CT molecular complexity index is 1230. The summed E-state index contributed by atoms with van der Waals surface area (Å²) in [5.41, 5.74) is 9.47. The van der Waals surface area contributed by atoms with E-state index in [1.165, 1.54) is 12.1 Å². The maximum Gasteiger partial charge on any atom is 0.323 e. The number of benzene rings is 2. The molecule has 4 rings (SSSR count). The summed E-state index contributed by atoms with van der Waals surface area (Å²) in [5, 5.41) is 15.4. The minimum Gasteiger partial charge on any atom is -0.361 e. The number of halogens is 1. The van der Waals surface area contributed by atoms with Gasteiger partial charge >= 0.3 is 6.03 Å². The van der Waals surface area contributed by atoms with Crippen LogP contribution in [0.25, 0.3) is 10.9 Å². The first kappa shape index (κ1) is 22.3. The van der Waals surface area contributed by atoms with Crippen LogP contribution in [-0.2, 0) is 11.2 Å². The number of carbonyl (C=O) groups excluding carboxylic acids is 2. The predicted octanol–water partition coefficient (Wildman–Crippen LogP) is 3.64. The largest absolute Gasteiger partial charge is 0.361 e. The summed E-state index contributed by atoms with van der Waals surface area (Å²) >= 11 is 0. The molecule has 1 aromatic heterocycles. The predicted molar refractivity (Wildman–Crippen MR) is 124 cm³/mol. The average molecular weight is 449 g/mol. The summed E-state index contributed by atoms with van der Waals surface area (Å²) in [6.45, 7) is 2.29. The number of nitrogens with two attached hydrogens (primary N) is 1. The Kier molecular flexibility index (Phi) is 6.29. The van der Waals surface area contributed by atoms with Gasteiger partial charge in [0.05, 0.1) is 12.1 Å². The highest BCUT2D eigenvalue weighted by molar-refractivity contribution is 6.01. The number of nitrogens with zero attached hydrogens (tertiary/aromatic N) is 2. The van der Waals surface area contributed by atoms with E-state index in [1.807, 2.05) is 6.07 Å². The molecule has 8 nitrogen and oxygen atoms in total. The number of fused-ring (bicyclic) bond motifs is 1. The molecule has 2 heterocycles. The molecule has 9 heteroatoms. The van der Waals surface area contributed by atoms with Crippen molar-refractivity contribution in [2.45, 2.75) is 38.3 Å². The van der Waals surface area contributed by atoms with E-state index in [-0.39, 0.29) is 5.91 Å². The molecule has 0 radical (unpaired) electrons. The van der Waals surface area contributed by atoms with Gasteiger partial charge in [0.1, 0.15) is 11.9 Å². The zero-order chi connectivity index (χ0) is 23.5. The zero-order valence-corrected chi connectivity index (χ0v) is 18.2. The summed E-state index contributed by atoms with van der Waals surface area (Å²) in [4.78, 5) is 29.9. The molecule has 0 aliphatic carbocycles. The molecule has 1 aliphatic rings. The third-order valence-corrected chi connectivity index (χ3v) is 5.77. The molecule has 1 saturated heterocycles. The molecule has 1 aliphatic heterocycles. The highest BCUT2D eigenvalue weighted by Crippen LogP contribution is 2.25. The Hall–Kier alpha value is -3.90. The van der Waals surface area contributed by atoms with Crippen LogP contribution in [0.1, 0.15) is 24.0 Å². The first-order valence-electron chi connectivity index (χ1n) is 10.7. The molecule has 0 spiro atoms. The van der Waals surface area contributed by atoms with Crippen molar-refractivity contribution < 1.29 is 14.0 Å². The Morgan fingerprint density at radius 3 is 2.82 bits per heavy atom. The van der Waals surface area contributed by atoms with Gasteiger partial charge in [0, 0.05) is 35.0 Å². The number of likely N-dealkylation sites (tertiary alicyclic amines) is 1. The monoisotopic (exact) mass is 448 g/mol. The van der Waals surface area contributed by atoms with Gasteiger partial charge in [-0.1, -0.05) is 0 Å². The fourth-order valence-electron chi connectivity index (χ4n) is 4.23. The van der Waals surface area contributed by atoms with Crippen molar-refractivity contribution in [1.29, 1.82) is 5.26 Å². The summed E-state index contributed by atoms with van der Waals surface area (Å²) in [7, 11) is 0. The minimum absolute atomic E-state index is 0.229. The lowest BCUT2D eigenvalue weighted by atomic mass is 10.0. The number of nitriles is 1. The van der Waals surface area contributed by atoms with E-state index in [4.69, 9.17) is 5.73 Å². The van der Waals surface area contributed by atoms with Gasteiger partial charge < -0.3 is 26.3 Å². The van der Waals surface area contributed by atoms with Crippen LogP contribution < -0.4 is 16.4 Å². The molecule has 170 valence electrons. The van der Waals surface area contributed by atoms with Crippen molar-refractivity contribution >= 4 is 34.2 Å². The molecular weight excluding hydrogens is 423 g/mol. The quantitative estimate of drug-likeness (QED) is 0.475. The SMILES string of the molecule is Cc1cc(F)cc(NC(=O)Nc2ccc3[nH]cc(C[C@@H](N)C(=O)N4CCC[C@H]4C#N)c3c2)c1. The Morgan fingerprint density at radius 2 is 2.06 bits per heavy atom. The fraction of sp³-hybridized carbons (Fsp3) is 0.292. The smallest absolute Gasteiger partial charge is 0.323 e. The Balaban J connectivity index is 1.46. The van der Waals surface area contributed by atoms with Crippen LogP contribution in [0.2, 0.25) is 0 Å². The number of aromatic nitrogens is 1. The average Bonchev–Trinajstić information content (AvgIpc) is 3.39. The molecule has 2 aromatic carbocycles. The van der Waals surface area contributed by atoms with Gasteiger partial charge in [0.15, 0.2) is 0 Å². The molecule has 3 amide bonds. The van der Waals surface area contributed by atoms with Crippen molar-refractivity contribution in [3.05, 3.63) is 59.5 Å². The van der Waals surface area contributed by atoms with Crippen LogP contribution in [0.15, 0.2) is 42.6 Å². The van der Waals surface area contributed by atoms with Gasteiger partial charge in [-0.05, 0) is 73.7 Å². The van der Waals surface area contributed by atoms with Gasteiger partial charge in [0.2, 0.25) is 5.91 Å². The molecule has 33 heavy (non-hydrogen) atoms. The number of hydrogen-bond donors (Lipinski definition) is 4. The zero-order valence-electron chi connectivity index (χ0n) is 18.2. The number of nitrogens with one attached hydrogen (secondary N) is 3. The first-order valence-corrected chi connectivity index (χ1v) is 10.7. The number of amides is 3. The summed E-state index contributed by atoms with van der Waals surface area (Å²) in [6, 6.07) is 10.1. The summed E-state index contributed by atoms with van der Waals surface area (Å²) < 4.78 is 13.6. The fourth-order valence-corrected chi connectivity index (χ4v) is 4.23. The van der Waals surface area contributed by atoms with E-state index in [0.717, 1.165) is 22.9 Å². The van der Waals surface area contributed by atoms with Crippen molar-refractivity contribution in [2.24, 2.45) is 5.73 Å². The van der Waals surface area contributed by atoms with Gasteiger partial charge in [-0.15, -0.1) is 0 Å². The topological polar surface area (TPSA) is 127 Å². The second-order valence-corrected chi connectivity index (χ2v) is 8.30. The maximum absolute atomic E-state index is 13.6. The van der Waals surface area contributed by atoms with Crippen molar-refractivity contribution in [3.63, 3.8) is 0 Å². The standard InChI is InChI=1S/C24H25FN6O2/c1-14-7-16(25)10-18(8-14)30-24(33)29-17-4-5-22-20(11-17)15(13-28-22)9-21(27)23(32)31-6-2-3-19(31)12-26/h4-5,7-8,10-11,13,19,21,28H,2-3,6,9,27H2,1H3,(H2,29,30,33)/t19-,21+/m0/s1. The summed E-state index contributed by atoms with van der Waals surface area (Å²) in [6.07, 6.45) is 3.57. The molecular formula is C24H25FN6O2. The van der Waals surface area contributed by atoms with Crippen molar-refractivity contribution in [3.8, 4) is 6.07 Å². The van der Waals surface area contributed by atoms with E-state index in [0.29, 0.717) is 36.3 Å². The first-order chi connectivity index (χ1) is 15.8. The number of aromatic amines is 1. The van der Waals surface area contributed by atoms with Crippen molar-refractivity contribution in [2.75, 3.05) is 17.2 Å². The molecule has 0 unspecified atom stereocenters. The van der Waals surface area contributed by atoms with E-state index in [9.17, 15) is 19.2 Å². The number of rotatable bonds is 5. The molecule has 0 bridgehead atoms. The number of urea groups is 1. The number of H-pyrrole nitrogens is 1. The highest BCUT2D eigenvalue weighted by Gasteiger charge is 2.31. The molecule has 3 aromatic rings. The number of anilines is 2. The number of carbonyl (C=O) groups is 2. The molecule has 5 N–H and O–H groups in total. The van der Waals surface area contributed by atoms with Gasteiger partial charge in [-0.3, -0.25) is 4.79 Å². The van der Waals surface area contributed by atoms with Crippen LogP contribution in [-0.4, -0.2) is 40.5 Å². The van der Waals surface area contributed by atoms with E-state index in [1.54, 1.807) is 36.2 Å². The van der Waals surface area contributed by atoms with Gasteiger partial charge in [-0.25, -0.2) is 9.18 Å². The lowest BCUT2D eigenvalue weighted by molar-refractivity contribution is -0.132. The Morgan fingerprint density at radius 1 is 1.27 bits per heavy atom. The van der Waals surface area contributed by atoms with Gasteiger partial charge in [-0.2, -0.15) is 5.26 Å². The van der Waals surface area contributed by atoms with E-state index >= 15 is 0 Å². The van der Waals surface area contributed by atoms with E-state index in [2.05, 4.69) is 21.7 Å². The third kappa shape index (κ3) is 4.96. The number of aryl methyl sites for hydroxylation is 1. The van der Waals surface area contributed by atoms with Gasteiger partial charge in [0.25, 0.3) is 0 Å². The molecule has 0 saturated carbocycles. The second-order valence-electron chi connectivity index (χ2n) is 8.30. The van der Waals surface area contributed by atoms with E-state index < -0.39 is 23.9 Å². The maximum atomic E-state index is 13.6. The number of hydrogen-bond acceptors (Lipinski definition) is 4. The van der Waals surface area contributed by atoms with Crippen LogP contribution in [0.4, 0.5) is 20.6 Å². The van der Waals surface area contributed by atoms with Crippen molar-refractivity contribution in [1.82, 2.24) is 9.88 Å². The van der Waals surface area contributed by atoms with Crippen LogP contribution >= 0.6 is 0 Å². The minimum atomic E-state index is -0.769. The second kappa shape index (κ2) is 9.30. The Labute approximate surface area is 190 Å². The molecule has 1 fully saturated rings. The molecule has 2 atom stereocenters. The van der Waals surface area contributed by atoms with Crippen LogP contribution in [0.5, 0.6) is 0 Å². The highest BCUT2D eigenvalue weighted by atomic mass is 19.1. The van der Waals surface area contributed by atoms with Crippen LogP contribution in [0, 0.1) is 24.1 Å². The normalized spacial score (nSPS) is 16.4. The lowest BCUT2D eigenvalue weighted by Crippen LogP contribution is -2.46. The lowest BCUT2D eigenvalue weighted by Gasteiger charge is -2.23. The third-order valence-electron chi connectivity index (χ3n) is 5.77. The van der Waals surface area contributed by atoms with Crippen LogP contribution in [0.3, 0.4) is 0 Å². The summed E-state index contributed by atoms with van der Waals surface area (Å²) in [5.74, 6) is -0.656.